The smallest absolute Gasteiger partial charge is 0.251 e. The summed E-state index contributed by atoms with van der Waals surface area (Å²) in [5.74, 6) is 1.16. The first kappa shape index (κ1) is 40.2. The van der Waals surface area contributed by atoms with Crippen molar-refractivity contribution in [1.82, 2.24) is 10.2 Å². The second kappa shape index (κ2) is 29.8. The molecule has 7 nitrogen and oxygen atoms in total. The number of benzene rings is 1. The number of rotatable bonds is 31. The molecule has 0 bridgehead atoms. The van der Waals surface area contributed by atoms with E-state index in [2.05, 4.69) is 30.6 Å². The third-order valence-electron chi connectivity index (χ3n) is 7.52. The zero-order valence-corrected chi connectivity index (χ0v) is 27.9. The van der Waals surface area contributed by atoms with Crippen molar-refractivity contribution in [3.8, 4) is 11.5 Å². The van der Waals surface area contributed by atoms with Crippen LogP contribution in [-0.2, 0) is 0 Å². The first-order valence-corrected chi connectivity index (χ1v) is 17.3. The Hall–Kier alpha value is -2.87. The molecular formula is C38H62N2O5. The number of carbonyl (C=O) groups excluding carboxylic acids is 1. The lowest BCUT2D eigenvalue weighted by atomic mass is 10.1. The molecule has 0 aliphatic carbocycles. The van der Waals surface area contributed by atoms with Gasteiger partial charge in [0.05, 0.1) is 26.4 Å². The normalized spacial score (nSPS) is 11.4. The minimum Gasteiger partial charge on any atom is -0.493 e. The van der Waals surface area contributed by atoms with Gasteiger partial charge in [0.25, 0.3) is 5.91 Å². The van der Waals surface area contributed by atoms with Gasteiger partial charge in [0, 0.05) is 31.3 Å². The summed E-state index contributed by atoms with van der Waals surface area (Å²) in [5.41, 5.74) is 0.529. The standard InChI is InChI=1S/C38H62N2O5/c1-3-5-7-9-11-13-15-17-19-21-30-44-36-32-35(38(43)39-24-23-25-40(26-28-41)27-29-42)33-37(34-36)45-31-22-20-18-16-14-12-10-8-6-4-2/h3-8,32-34,41-42H,1-2,9-31H2,(H,39,43)/b7-5+,8-6+. The minimum atomic E-state index is -0.160. The number of amides is 1. The molecule has 7 heteroatoms. The first-order valence-electron chi connectivity index (χ1n) is 17.3. The summed E-state index contributed by atoms with van der Waals surface area (Å²) in [7, 11) is 0. The van der Waals surface area contributed by atoms with Gasteiger partial charge in [0.1, 0.15) is 11.5 Å². The van der Waals surface area contributed by atoms with Gasteiger partial charge >= 0.3 is 0 Å². The average Bonchev–Trinajstić information content (AvgIpc) is 3.04. The van der Waals surface area contributed by atoms with Crippen molar-refractivity contribution in [2.75, 3.05) is 52.6 Å². The van der Waals surface area contributed by atoms with E-state index in [1.165, 1.54) is 51.4 Å². The molecule has 0 aromatic heterocycles. The fraction of sp³-hybridized carbons (Fsp3) is 0.605. The van der Waals surface area contributed by atoms with E-state index in [0.29, 0.717) is 56.5 Å². The molecule has 0 radical (unpaired) electrons. The van der Waals surface area contributed by atoms with E-state index in [9.17, 15) is 15.0 Å². The third-order valence-corrected chi connectivity index (χ3v) is 7.52. The number of nitrogens with one attached hydrogen (secondary N) is 1. The van der Waals surface area contributed by atoms with E-state index in [-0.39, 0.29) is 19.1 Å². The maximum Gasteiger partial charge on any atom is 0.251 e. The zero-order valence-electron chi connectivity index (χ0n) is 27.9. The van der Waals surface area contributed by atoms with Gasteiger partial charge in [0.2, 0.25) is 0 Å². The largest absolute Gasteiger partial charge is 0.493 e. The molecule has 0 aliphatic rings. The lowest BCUT2D eigenvalue weighted by Gasteiger charge is -2.20. The molecule has 0 atom stereocenters. The van der Waals surface area contributed by atoms with Crippen LogP contribution in [0, 0.1) is 0 Å². The van der Waals surface area contributed by atoms with Crippen LogP contribution in [0.15, 0.2) is 67.8 Å². The monoisotopic (exact) mass is 626 g/mol. The number of unbranched alkanes of at least 4 members (excludes halogenated alkanes) is 12. The number of aliphatic hydroxyl groups excluding tert-OH is 2. The highest BCUT2D eigenvalue weighted by Crippen LogP contribution is 2.24. The van der Waals surface area contributed by atoms with Gasteiger partial charge in [-0.2, -0.15) is 0 Å². The highest BCUT2D eigenvalue weighted by molar-refractivity contribution is 5.95. The summed E-state index contributed by atoms with van der Waals surface area (Å²) in [6, 6.07) is 5.49. The number of hydrogen-bond donors (Lipinski definition) is 3. The molecule has 0 fully saturated rings. The van der Waals surface area contributed by atoms with Gasteiger partial charge in [-0.05, 0) is 63.6 Å². The van der Waals surface area contributed by atoms with Crippen LogP contribution in [-0.4, -0.2) is 73.6 Å². The van der Waals surface area contributed by atoms with Crippen molar-refractivity contribution >= 4 is 5.91 Å². The van der Waals surface area contributed by atoms with Crippen LogP contribution in [0.3, 0.4) is 0 Å². The Bertz CT molecular complexity index is 886. The number of ether oxygens (including phenoxy) is 2. The van der Waals surface area contributed by atoms with Crippen molar-refractivity contribution in [2.24, 2.45) is 0 Å². The van der Waals surface area contributed by atoms with E-state index in [0.717, 1.165) is 44.9 Å². The van der Waals surface area contributed by atoms with Crippen LogP contribution < -0.4 is 14.8 Å². The lowest BCUT2D eigenvalue weighted by molar-refractivity contribution is 0.0948. The molecule has 1 amide bonds. The van der Waals surface area contributed by atoms with Crippen molar-refractivity contribution in [3.63, 3.8) is 0 Å². The number of allylic oxidation sites excluding steroid dienone is 6. The topological polar surface area (TPSA) is 91.3 Å². The van der Waals surface area contributed by atoms with Gasteiger partial charge in [-0.25, -0.2) is 0 Å². The lowest BCUT2D eigenvalue weighted by Crippen LogP contribution is -2.33. The van der Waals surface area contributed by atoms with E-state index < -0.39 is 0 Å². The van der Waals surface area contributed by atoms with Crippen LogP contribution in [0.4, 0.5) is 0 Å². The van der Waals surface area contributed by atoms with E-state index in [4.69, 9.17) is 9.47 Å². The average molecular weight is 627 g/mol. The fourth-order valence-corrected chi connectivity index (χ4v) is 5.00. The van der Waals surface area contributed by atoms with Crippen LogP contribution in [0.1, 0.15) is 107 Å². The van der Waals surface area contributed by atoms with Crippen LogP contribution in [0.25, 0.3) is 0 Å². The molecule has 45 heavy (non-hydrogen) atoms. The molecule has 0 heterocycles. The highest BCUT2D eigenvalue weighted by Gasteiger charge is 2.11. The number of aliphatic hydroxyl groups is 2. The van der Waals surface area contributed by atoms with E-state index in [1.54, 1.807) is 12.1 Å². The molecule has 1 rings (SSSR count). The second-order valence-electron chi connectivity index (χ2n) is 11.4. The van der Waals surface area contributed by atoms with E-state index >= 15 is 0 Å². The molecule has 3 N–H and O–H groups in total. The number of hydrogen-bond acceptors (Lipinski definition) is 6. The molecule has 0 spiro atoms. The summed E-state index contributed by atoms with van der Waals surface area (Å²) in [6.07, 6.45) is 29.0. The maximum absolute atomic E-state index is 13.0. The summed E-state index contributed by atoms with van der Waals surface area (Å²) >= 11 is 0. The highest BCUT2D eigenvalue weighted by atomic mass is 16.5. The Balaban J connectivity index is 2.54. The molecule has 1 aromatic carbocycles. The van der Waals surface area contributed by atoms with Crippen LogP contribution in [0.5, 0.6) is 11.5 Å². The molecule has 254 valence electrons. The van der Waals surface area contributed by atoms with Gasteiger partial charge in [-0.15, -0.1) is 0 Å². The van der Waals surface area contributed by atoms with Crippen molar-refractivity contribution in [3.05, 3.63) is 73.4 Å². The summed E-state index contributed by atoms with van der Waals surface area (Å²) in [5, 5.41) is 21.4. The predicted molar refractivity (Wildman–Crippen MR) is 188 cm³/mol. The molecule has 0 aliphatic heterocycles. The molecular weight excluding hydrogens is 564 g/mol. The summed E-state index contributed by atoms with van der Waals surface area (Å²) in [6.45, 7) is 10.9. The third kappa shape index (κ3) is 23.2. The molecule has 1 aromatic rings. The summed E-state index contributed by atoms with van der Waals surface area (Å²) < 4.78 is 12.2. The molecule has 0 saturated heterocycles. The Morgan fingerprint density at radius 3 is 1.60 bits per heavy atom. The van der Waals surface area contributed by atoms with E-state index in [1.807, 2.05) is 35.3 Å². The molecule has 0 saturated carbocycles. The Morgan fingerprint density at radius 1 is 0.667 bits per heavy atom. The Morgan fingerprint density at radius 2 is 1.13 bits per heavy atom. The number of nitrogens with zero attached hydrogens (tertiary/aromatic N) is 1. The minimum absolute atomic E-state index is 0.0460. The Kier molecular flexibility index (Phi) is 26.6. The van der Waals surface area contributed by atoms with Crippen molar-refractivity contribution in [1.29, 1.82) is 0 Å². The first-order chi connectivity index (χ1) is 22.1. The second-order valence-corrected chi connectivity index (χ2v) is 11.4. The molecule has 0 unspecified atom stereocenters. The summed E-state index contributed by atoms with van der Waals surface area (Å²) in [4.78, 5) is 15.0. The zero-order chi connectivity index (χ0) is 32.6. The fourth-order valence-electron chi connectivity index (χ4n) is 5.00. The Labute approximate surface area is 274 Å². The van der Waals surface area contributed by atoms with Crippen LogP contribution in [0.2, 0.25) is 0 Å². The van der Waals surface area contributed by atoms with Gasteiger partial charge in [0.15, 0.2) is 0 Å². The van der Waals surface area contributed by atoms with Gasteiger partial charge < -0.3 is 25.0 Å². The maximum atomic E-state index is 13.0. The van der Waals surface area contributed by atoms with Crippen molar-refractivity contribution in [2.45, 2.75) is 96.3 Å². The quantitative estimate of drug-likeness (QED) is 0.0576. The van der Waals surface area contributed by atoms with Gasteiger partial charge in [-0.3, -0.25) is 9.69 Å². The van der Waals surface area contributed by atoms with Crippen LogP contribution >= 0.6 is 0 Å². The SMILES string of the molecule is C=C/C=C/CCCCCCCCOc1cc(OCCCCCCCC/C=C/C=C)cc(C(=O)NCCCN(CCO)CCO)c1. The predicted octanol–water partition coefficient (Wildman–Crippen LogP) is 7.80. The van der Waals surface area contributed by atoms with Gasteiger partial charge in [-0.1, -0.05) is 101 Å². The van der Waals surface area contributed by atoms with Crippen molar-refractivity contribution < 1.29 is 24.5 Å². The number of carbonyl (C=O) groups is 1.